The number of halogens is 1. The zero-order chi connectivity index (χ0) is 10.7. The summed E-state index contributed by atoms with van der Waals surface area (Å²) in [5.74, 6) is 6.11. The number of hydrogen-bond donors (Lipinski definition) is 1. The van der Waals surface area contributed by atoms with Crippen LogP contribution < -0.4 is 0 Å². The van der Waals surface area contributed by atoms with E-state index in [0.29, 0.717) is 13.0 Å². The van der Waals surface area contributed by atoms with Gasteiger partial charge in [-0.1, -0.05) is 27.8 Å². The lowest BCUT2D eigenvalue weighted by molar-refractivity contribution is 0.242. The van der Waals surface area contributed by atoms with Crippen LogP contribution in [0.15, 0.2) is 28.7 Å². The predicted octanol–water partition coefficient (Wildman–Crippen LogP) is 1.95. The molecule has 1 saturated heterocycles. The second-order valence-electron chi connectivity index (χ2n) is 3.51. The lowest BCUT2D eigenvalue weighted by atomic mass is 10.1. The number of epoxide rings is 1. The largest absolute Gasteiger partial charge is 0.396 e. The van der Waals surface area contributed by atoms with Crippen LogP contribution in [0.2, 0.25) is 0 Å². The van der Waals surface area contributed by atoms with Gasteiger partial charge in [-0.3, -0.25) is 0 Å². The number of ether oxygens (including phenoxy) is 1. The zero-order valence-corrected chi connectivity index (χ0v) is 9.75. The summed E-state index contributed by atoms with van der Waals surface area (Å²) < 4.78 is 6.28. The third kappa shape index (κ3) is 2.82. The molecule has 1 heterocycles. The first-order valence-corrected chi connectivity index (χ1v) is 5.57. The van der Waals surface area contributed by atoms with E-state index in [9.17, 15) is 0 Å². The highest BCUT2D eigenvalue weighted by Gasteiger charge is 2.42. The highest BCUT2D eigenvalue weighted by molar-refractivity contribution is 9.10. The maximum absolute atomic E-state index is 8.82. The Hall–Kier alpha value is -0.820. The Bertz CT molecular complexity index is 396. The van der Waals surface area contributed by atoms with E-state index in [1.165, 1.54) is 0 Å². The summed E-state index contributed by atoms with van der Waals surface area (Å²) in [5.41, 5.74) is 0.591. The third-order valence-electron chi connectivity index (χ3n) is 2.29. The summed E-state index contributed by atoms with van der Waals surface area (Å²) in [5, 5.41) is 8.82. The van der Waals surface area contributed by atoms with Crippen LogP contribution >= 0.6 is 15.9 Å². The Morgan fingerprint density at radius 1 is 1.40 bits per heavy atom. The van der Waals surface area contributed by atoms with Crippen molar-refractivity contribution in [3.8, 4) is 11.8 Å². The van der Waals surface area contributed by atoms with E-state index in [-0.39, 0.29) is 12.2 Å². The van der Waals surface area contributed by atoms with Gasteiger partial charge in [-0.2, -0.15) is 0 Å². The van der Waals surface area contributed by atoms with Gasteiger partial charge < -0.3 is 9.84 Å². The van der Waals surface area contributed by atoms with E-state index in [1.807, 2.05) is 24.3 Å². The molecule has 1 aromatic carbocycles. The maximum atomic E-state index is 8.82. The van der Waals surface area contributed by atoms with E-state index < -0.39 is 0 Å². The molecule has 0 aliphatic carbocycles. The van der Waals surface area contributed by atoms with E-state index in [0.717, 1.165) is 10.0 Å². The molecule has 78 valence electrons. The van der Waals surface area contributed by atoms with Crippen molar-refractivity contribution in [3.05, 3.63) is 34.3 Å². The standard InChI is InChI=1S/C12H11BrO2/c13-11-3-1-10(2-4-11)5-6-12(7-8-14)9-15-12/h1-4,14H,7-9H2. The molecule has 1 N–H and O–H groups in total. The van der Waals surface area contributed by atoms with Gasteiger partial charge >= 0.3 is 0 Å². The van der Waals surface area contributed by atoms with Crippen LogP contribution in [0.4, 0.5) is 0 Å². The van der Waals surface area contributed by atoms with E-state index in [4.69, 9.17) is 9.84 Å². The lowest BCUT2D eigenvalue weighted by Crippen LogP contribution is -2.09. The minimum atomic E-state index is -0.373. The van der Waals surface area contributed by atoms with Gasteiger partial charge in [-0.25, -0.2) is 0 Å². The molecular weight excluding hydrogens is 256 g/mol. The minimum absolute atomic E-state index is 0.120. The highest BCUT2D eigenvalue weighted by atomic mass is 79.9. The van der Waals surface area contributed by atoms with E-state index >= 15 is 0 Å². The van der Waals surface area contributed by atoms with Crippen LogP contribution in [0.1, 0.15) is 12.0 Å². The second-order valence-corrected chi connectivity index (χ2v) is 4.43. The fourth-order valence-electron chi connectivity index (χ4n) is 1.27. The summed E-state index contributed by atoms with van der Waals surface area (Å²) in [6, 6.07) is 7.81. The molecule has 1 aliphatic rings. The number of aliphatic hydroxyl groups excluding tert-OH is 1. The van der Waals surface area contributed by atoms with Crippen LogP contribution in [0.5, 0.6) is 0 Å². The van der Waals surface area contributed by atoms with Gasteiger partial charge in [-0.05, 0) is 24.3 Å². The molecule has 1 atom stereocenters. The SMILES string of the molecule is OCCC1(C#Cc2ccc(Br)cc2)CO1. The quantitative estimate of drug-likeness (QED) is 0.656. The first-order chi connectivity index (χ1) is 7.24. The molecule has 1 fully saturated rings. The average molecular weight is 267 g/mol. The normalized spacial score (nSPS) is 23.1. The monoisotopic (exact) mass is 266 g/mol. The van der Waals surface area contributed by atoms with Gasteiger partial charge in [-0.15, -0.1) is 0 Å². The smallest absolute Gasteiger partial charge is 0.154 e. The van der Waals surface area contributed by atoms with Crippen LogP contribution in [0, 0.1) is 11.8 Å². The molecule has 1 aliphatic heterocycles. The first-order valence-electron chi connectivity index (χ1n) is 4.78. The van der Waals surface area contributed by atoms with Gasteiger partial charge in [0.1, 0.15) is 0 Å². The van der Waals surface area contributed by atoms with Crippen molar-refractivity contribution in [2.75, 3.05) is 13.2 Å². The van der Waals surface area contributed by atoms with Gasteiger partial charge in [0.05, 0.1) is 6.61 Å². The van der Waals surface area contributed by atoms with Crippen LogP contribution in [-0.2, 0) is 4.74 Å². The topological polar surface area (TPSA) is 32.8 Å². The summed E-state index contributed by atoms with van der Waals surface area (Å²) in [7, 11) is 0. The molecule has 1 unspecified atom stereocenters. The Balaban J connectivity index is 2.08. The van der Waals surface area contributed by atoms with Gasteiger partial charge in [0, 0.05) is 23.1 Å². The van der Waals surface area contributed by atoms with E-state index in [2.05, 4.69) is 27.8 Å². The van der Waals surface area contributed by atoms with Crippen molar-refractivity contribution >= 4 is 15.9 Å². The van der Waals surface area contributed by atoms with Gasteiger partial charge in [0.25, 0.3) is 0 Å². The molecule has 0 spiro atoms. The van der Waals surface area contributed by atoms with Crippen molar-refractivity contribution < 1.29 is 9.84 Å². The summed E-state index contributed by atoms with van der Waals surface area (Å²) in [6.45, 7) is 0.756. The van der Waals surface area contributed by atoms with Crippen LogP contribution in [0.3, 0.4) is 0 Å². The van der Waals surface area contributed by atoms with Gasteiger partial charge in [0.2, 0.25) is 0 Å². The molecule has 3 heteroatoms. The molecule has 0 saturated carbocycles. The van der Waals surface area contributed by atoms with Crippen molar-refractivity contribution in [2.24, 2.45) is 0 Å². The molecule has 0 amide bonds. The van der Waals surface area contributed by atoms with Crippen LogP contribution in [0.25, 0.3) is 0 Å². The average Bonchev–Trinajstić information content (AvgIpc) is 2.99. The van der Waals surface area contributed by atoms with Crippen molar-refractivity contribution in [1.29, 1.82) is 0 Å². The first kappa shape index (κ1) is 10.7. The molecule has 0 aromatic heterocycles. The fourth-order valence-corrected chi connectivity index (χ4v) is 1.53. The van der Waals surface area contributed by atoms with Crippen molar-refractivity contribution in [1.82, 2.24) is 0 Å². The molecule has 0 bridgehead atoms. The number of benzene rings is 1. The number of rotatable bonds is 2. The van der Waals surface area contributed by atoms with Crippen molar-refractivity contribution in [3.63, 3.8) is 0 Å². The maximum Gasteiger partial charge on any atom is 0.154 e. The molecule has 15 heavy (non-hydrogen) atoms. The highest BCUT2D eigenvalue weighted by Crippen LogP contribution is 2.29. The number of hydrogen-bond acceptors (Lipinski definition) is 2. The Labute approximate surface area is 97.4 Å². The summed E-state index contributed by atoms with van der Waals surface area (Å²) in [6.07, 6.45) is 0.594. The second kappa shape index (κ2) is 4.36. The van der Waals surface area contributed by atoms with E-state index in [1.54, 1.807) is 0 Å². The molecule has 1 aromatic rings. The molecule has 2 rings (SSSR count). The Morgan fingerprint density at radius 3 is 2.60 bits per heavy atom. The van der Waals surface area contributed by atoms with Crippen molar-refractivity contribution in [2.45, 2.75) is 12.0 Å². The predicted molar refractivity (Wildman–Crippen MR) is 61.4 cm³/mol. The third-order valence-corrected chi connectivity index (χ3v) is 2.82. The fraction of sp³-hybridized carbons (Fsp3) is 0.333. The molecule has 2 nitrogen and oxygen atoms in total. The molecular formula is C12H11BrO2. The molecule has 0 radical (unpaired) electrons. The number of aliphatic hydroxyl groups is 1. The summed E-state index contributed by atoms with van der Waals surface area (Å²) >= 11 is 3.37. The zero-order valence-electron chi connectivity index (χ0n) is 8.16. The lowest BCUT2D eigenvalue weighted by Gasteiger charge is -1.98. The minimum Gasteiger partial charge on any atom is -0.396 e. The Morgan fingerprint density at radius 2 is 2.07 bits per heavy atom. The summed E-state index contributed by atoms with van der Waals surface area (Å²) in [4.78, 5) is 0. The van der Waals surface area contributed by atoms with Gasteiger partial charge in [0.15, 0.2) is 5.60 Å². The van der Waals surface area contributed by atoms with Crippen LogP contribution in [-0.4, -0.2) is 23.9 Å². The Kier molecular flexibility index (Phi) is 3.11.